The van der Waals surface area contributed by atoms with Gasteiger partial charge in [-0.3, -0.25) is 0 Å². The molecule has 0 amide bonds. The smallest absolute Gasteiger partial charge is 0.0908 e. The van der Waals surface area contributed by atoms with E-state index in [0.717, 1.165) is 21.0 Å². The fraction of sp³-hybridized carbons (Fsp3) is 0.125. The van der Waals surface area contributed by atoms with Crippen molar-refractivity contribution in [2.45, 2.75) is 13.8 Å². The third-order valence-electron chi connectivity index (χ3n) is 3.87. The summed E-state index contributed by atoms with van der Waals surface area (Å²) in [5, 5.41) is 4.76. The predicted molar refractivity (Wildman–Crippen MR) is 91.6 cm³/mol. The number of thiazole rings is 2. The lowest BCUT2D eigenvalue weighted by Crippen LogP contribution is -1.70. The van der Waals surface area contributed by atoms with Crippen LogP contribution in [0.25, 0.3) is 42.2 Å². The Hall–Kier alpha value is -1.98. The first-order valence-corrected chi connectivity index (χ1v) is 8.42. The summed E-state index contributed by atoms with van der Waals surface area (Å²) in [4.78, 5) is 12.8. The summed E-state index contributed by atoms with van der Waals surface area (Å²) in [6.45, 7) is 4.12. The average Bonchev–Trinajstić information content (AvgIpc) is 3.09. The van der Waals surface area contributed by atoms with Crippen molar-refractivity contribution in [2.24, 2.45) is 0 Å². The maximum atomic E-state index is 4.59. The van der Waals surface area contributed by atoms with E-state index in [1.165, 1.54) is 31.2 Å². The number of aromatic amines is 1. The van der Waals surface area contributed by atoms with Crippen LogP contribution < -0.4 is 0 Å². The number of aryl methyl sites for hydroxylation is 2. The highest BCUT2D eigenvalue weighted by Gasteiger charge is 2.13. The topological polar surface area (TPSA) is 41.6 Å². The molecule has 0 atom stereocenters. The van der Waals surface area contributed by atoms with Crippen molar-refractivity contribution >= 4 is 64.9 Å². The second-order valence-corrected chi connectivity index (χ2v) is 7.67. The van der Waals surface area contributed by atoms with E-state index in [9.17, 15) is 0 Å². The van der Waals surface area contributed by atoms with E-state index in [2.05, 4.69) is 53.1 Å². The normalized spacial score (nSPS) is 12.3. The molecule has 0 aliphatic rings. The maximum Gasteiger partial charge on any atom is 0.0908 e. The van der Waals surface area contributed by atoms with Gasteiger partial charge in [0.2, 0.25) is 0 Å². The minimum atomic E-state index is 1.08. The van der Waals surface area contributed by atoms with Gasteiger partial charge in [0.15, 0.2) is 0 Å². The minimum Gasteiger partial charge on any atom is -0.352 e. The molecule has 2 aromatic carbocycles. The van der Waals surface area contributed by atoms with E-state index < -0.39 is 0 Å². The maximum absolute atomic E-state index is 4.59. The molecule has 0 aliphatic heterocycles. The van der Waals surface area contributed by atoms with Gasteiger partial charge in [-0.1, -0.05) is 0 Å². The molecule has 5 aromatic rings. The molecular formula is C16H11N3S2. The zero-order chi connectivity index (χ0) is 14.1. The molecule has 102 valence electrons. The molecule has 0 bridgehead atoms. The number of hydrogen-bond donors (Lipinski definition) is 1. The molecule has 5 rings (SSSR count). The molecule has 3 aromatic heterocycles. The van der Waals surface area contributed by atoms with Crippen LogP contribution in [0.15, 0.2) is 24.3 Å². The van der Waals surface area contributed by atoms with Crippen LogP contribution in [0.4, 0.5) is 0 Å². The highest BCUT2D eigenvalue weighted by molar-refractivity contribution is 7.20. The number of nitrogens with one attached hydrogen (secondary N) is 1. The fourth-order valence-electron chi connectivity index (χ4n) is 3.03. The molecule has 0 radical (unpaired) electrons. The van der Waals surface area contributed by atoms with Crippen LogP contribution in [0.5, 0.6) is 0 Å². The Balaban J connectivity index is 2.07. The van der Waals surface area contributed by atoms with Crippen molar-refractivity contribution in [3.63, 3.8) is 0 Å². The predicted octanol–water partition coefficient (Wildman–Crippen LogP) is 5.16. The van der Waals surface area contributed by atoms with E-state index in [0.29, 0.717) is 0 Å². The zero-order valence-corrected chi connectivity index (χ0v) is 13.2. The molecule has 3 heterocycles. The Morgan fingerprint density at radius 3 is 1.71 bits per heavy atom. The molecule has 0 saturated heterocycles. The van der Waals surface area contributed by atoms with Gasteiger partial charge in [0.25, 0.3) is 0 Å². The van der Waals surface area contributed by atoms with Crippen LogP contribution in [-0.2, 0) is 0 Å². The molecule has 0 fully saturated rings. The van der Waals surface area contributed by atoms with Crippen LogP contribution >= 0.6 is 22.7 Å². The van der Waals surface area contributed by atoms with E-state index in [1.54, 1.807) is 22.7 Å². The number of fused-ring (bicyclic) bond motifs is 7. The fourth-order valence-corrected chi connectivity index (χ4v) is 4.87. The largest absolute Gasteiger partial charge is 0.352 e. The van der Waals surface area contributed by atoms with Crippen molar-refractivity contribution in [1.29, 1.82) is 0 Å². The first kappa shape index (κ1) is 11.7. The minimum absolute atomic E-state index is 1.08. The number of H-pyrrole nitrogens is 1. The monoisotopic (exact) mass is 309 g/mol. The molecule has 0 aliphatic carbocycles. The number of hydrogen-bond acceptors (Lipinski definition) is 4. The zero-order valence-electron chi connectivity index (χ0n) is 11.5. The summed E-state index contributed by atoms with van der Waals surface area (Å²) < 4.78 is 2.49. The highest BCUT2D eigenvalue weighted by atomic mass is 32.1. The summed E-state index contributed by atoms with van der Waals surface area (Å²) in [6.07, 6.45) is 0. The Morgan fingerprint density at radius 1 is 0.762 bits per heavy atom. The van der Waals surface area contributed by atoms with E-state index >= 15 is 0 Å². The van der Waals surface area contributed by atoms with Crippen LogP contribution in [0.3, 0.4) is 0 Å². The quantitative estimate of drug-likeness (QED) is 0.429. The molecule has 1 N–H and O–H groups in total. The summed E-state index contributed by atoms with van der Waals surface area (Å²) in [5.74, 6) is 0. The summed E-state index contributed by atoms with van der Waals surface area (Å²) in [5.41, 5.74) is 4.56. The van der Waals surface area contributed by atoms with Crippen LogP contribution in [0.1, 0.15) is 10.0 Å². The van der Waals surface area contributed by atoms with Crippen molar-refractivity contribution in [3.05, 3.63) is 34.3 Å². The van der Waals surface area contributed by atoms with Gasteiger partial charge in [0.1, 0.15) is 0 Å². The number of nitrogens with zero attached hydrogens (tertiary/aromatic N) is 2. The molecule has 21 heavy (non-hydrogen) atoms. The van der Waals surface area contributed by atoms with E-state index in [-0.39, 0.29) is 0 Å². The molecule has 0 spiro atoms. The van der Waals surface area contributed by atoms with Gasteiger partial charge in [0, 0.05) is 10.8 Å². The van der Waals surface area contributed by atoms with Crippen LogP contribution in [0.2, 0.25) is 0 Å². The Bertz CT molecular complexity index is 1070. The lowest BCUT2D eigenvalue weighted by molar-refractivity contribution is 1.35. The lowest BCUT2D eigenvalue weighted by Gasteiger charge is -1.92. The first-order chi connectivity index (χ1) is 10.2. The molecule has 0 unspecified atom stereocenters. The van der Waals surface area contributed by atoms with Crippen molar-refractivity contribution < 1.29 is 0 Å². The molecule has 3 nitrogen and oxygen atoms in total. The van der Waals surface area contributed by atoms with Gasteiger partial charge in [-0.15, -0.1) is 22.7 Å². The Kier molecular flexibility index (Phi) is 2.11. The second kappa shape index (κ2) is 3.81. The molecule has 5 heteroatoms. The average molecular weight is 309 g/mol. The van der Waals surface area contributed by atoms with Crippen molar-refractivity contribution in [2.75, 3.05) is 0 Å². The number of rotatable bonds is 0. The third kappa shape index (κ3) is 1.47. The van der Waals surface area contributed by atoms with Gasteiger partial charge in [0.05, 0.1) is 41.5 Å². The summed E-state index contributed by atoms with van der Waals surface area (Å²) >= 11 is 3.51. The lowest BCUT2D eigenvalue weighted by atomic mass is 10.1. The van der Waals surface area contributed by atoms with Crippen LogP contribution in [-0.4, -0.2) is 15.0 Å². The summed E-state index contributed by atoms with van der Waals surface area (Å²) in [7, 11) is 0. The SMILES string of the molecule is Cc1nc2ccc3c4ccc5nc(C)sc5c4[nH]c3c2s1. The van der Waals surface area contributed by atoms with Crippen LogP contribution in [0, 0.1) is 13.8 Å². The van der Waals surface area contributed by atoms with E-state index in [4.69, 9.17) is 0 Å². The molecule has 0 saturated carbocycles. The van der Waals surface area contributed by atoms with Crippen molar-refractivity contribution in [1.82, 2.24) is 15.0 Å². The number of aromatic nitrogens is 3. The van der Waals surface area contributed by atoms with Gasteiger partial charge in [-0.25, -0.2) is 9.97 Å². The first-order valence-electron chi connectivity index (χ1n) is 6.78. The standard InChI is InChI=1S/C16H11N3S2/c1-7-17-11-5-3-9-10-4-6-12-16(21-8(2)18-12)14(10)19-13(9)15(11)20-7/h3-6,19H,1-2H3. The summed E-state index contributed by atoms with van der Waals surface area (Å²) in [6, 6.07) is 8.60. The highest BCUT2D eigenvalue weighted by Crippen LogP contribution is 2.38. The molecular weight excluding hydrogens is 298 g/mol. The van der Waals surface area contributed by atoms with Gasteiger partial charge in [-0.05, 0) is 38.1 Å². The van der Waals surface area contributed by atoms with Crippen molar-refractivity contribution in [3.8, 4) is 0 Å². The second-order valence-electron chi connectivity index (χ2n) is 5.26. The Labute approximate surface area is 128 Å². The third-order valence-corrected chi connectivity index (χ3v) is 5.88. The van der Waals surface area contributed by atoms with E-state index in [1.807, 2.05) is 0 Å². The van der Waals surface area contributed by atoms with Gasteiger partial charge < -0.3 is 4.98 Å². The van der Waals surface area contributed by atoms with Gasteiger partial charge >= 0.3 is 0 Å². The Morgan fingerprint density at radius 2 is 1.24 bits per heavy atom. The van der Waals surface area contributed by atoms with Gasteiger partial charge in [-0.2, -0.15) is 0 Å². The number of benzene rings is 2.